The molecule has 0 aliphatic rings. The Labute approximate surface area is 199 Å². The molecule has 0 aliphatic carbocycles. The summed E-state index contributed by atoms with van der Waals surface area (Å²) in [6.07, 6.45) is 3.09. The lowest BCUT2D eigenvalue weighted by Crippen LogP contribution is -2.26. The summed E-state index contributed by atoms with van der Waals surface area (Å²) in [5, 5.41) is 5.36. The number of nitrogens with zero attached hydrogens (tertiary/aromatic N) is 2. The van der Waals surface area contributed by atoms with Gasteiger partial charge >= 0.3 is 0 Å². The van der Waals surface area contributed by atoms with Crippen LogP contribution >= 0.6 is 11.3 Å². The highest BCUT2D eigenvalue weighted by Gasteiger charge is 2.13. The zero-order valence-electron chi connectivity index (χ0n) is 19.3. The number of sulfonamides is 1. The molecule has 33 heavy (non-hydrogen) atoms. The Morgan fingerprint density at radius 3 is 2.67 bits per heavy atom. The smallest absolute Gasteiger partial charge is 0.254 e. The molecule has 3 rings (SSSR count). The maximum absolute atomic E-state index is 12.6. The molecule has 0 amide bonds. The van der Waals surface area contributed by atoms with Gasteiger partial charge in [-0.25, -0.2) is 12.7 Å². The highest BCUT2D eigenvalue weighted by Crippen LogP contribution is 2.20. The molecular weight excluding hydrogens is 458 g/mol. The number of aromatic nitrogens is 1. The second kappa shape index (κ2) is 11.5. The van der Waals surface area contributed by atoms with E-state index in [9.17, 15) is 13.2 Å². The van der Waals surface area contributed by atoms with Gasteiger partial charge < -0.3 is 14.6 Å². The van der Waals surface area contributed by atoms with Gasteiger partial charge in [0.2, 0.25) is 10.0 Å². The van der Waals surface area contributed by atoms with E-state index in [1.165, 1.54) is 15.2 Å². The number of anilines is 1. The van der Waals surface area contributed by atoms with Crippen molar-refractivity contribution in [3.63, 3.8) is 0 Å². The lowest BCUT2D eigenvalue weighted by Gasteiger charge is -2.15. The van der Waals surface area contributed by atoms with Crippen molar-refractivity contribution in [1.29, 1.82) is 0 Å². The van der Waals surface area contributed by atoms with Gasteiger partial charge in [0.1, 0.15) is 5.75 Å². The molecule has 0 saturated carbocycles. The van der Waals surface area contributed by atoms with Crippen LogP contribution in [0.4, 0.5) is 5.69 Å². The molecule has 0 unspecified atom stereocenters. The molecule has 1 N–H and O–H groups in total. The largest absolute Gasteiger partial charge is 0.493 e. The molecule has 3 aromatic rings. The second-order valence-electron chi connectivity index (χ2n) is 7.97. The Kier molecular flexibility index (Phi) is 8.71. The average molecular weight is 490 g/mol. The molecule has 9 heteroatoms. The minimum Gasteiger partial charge on any atom is -0.493 e. The third-order valence-electron chi connectivity index (χ3n) is 5.40. The number of rotatable bonds is 12. The van der Waals surface area contributed by atoms with Crippen LogP contribution in [-0.2, 0) is 23.0 Å². The van der Waals surface area contributed by atoms with E-state index in [1.54, 1.807) is 36.2 Å². The molecular formula is C24H31N3O4S2. The lowest BCUT2D eigenvalue weighted by atomic mass is 10.1. The molecule has 0 spiro atoms. The first-order chi connectivity index (χ1) is 15.8. The summed E-state index contributed by atoms with van der Waals surface area (Å²) in [5.74, 6) is 0.677. The Morgan fingerprint density at radius 2 is 1.97 bits per heavy atom. The summed E-state index contributed by atoms with van der Waals surface area (Å²) >= 11 is 1.70. The summed E-state index contributed by atoms with van der Waals surface area (Å²) in [6.45, 7) is 3.54. The summed E-state index contributed by atoms with van der Waals surface area (Å²) in [7, 11) is -0.104. The first-order valence-corrected chi connectivity index (χ1v) is 13.3. The lowest BCUT2D eigenvalue weighted by molar-refractivity contribution is 0.321. The maximum atomic E-state index is 12.6. The van der Waals surface area contributed by atoms with Crippen molar-refractivity contribution in [1.82, 2.24) is 8.87 Å². The van der Waals surface area contributed by atoms with Crippen LogP contribution in [0.3, 0.4) is 0 Å². The number of hydrogen-bond donors (Lipinski definition) is 1. The maximum Gasteiger partial charge on any atom is 0.254 e. The van der Waals surface area contributed by atoms with Crippen molar-refractivity contribution < 1.29 is 13.2 Å². The molecule has 2 aromatic heterocycles. The monoisotopic (exact) mass is 489 g/mol. The summed E-state index contributed by atoms with van der Waals surface area (Å²) < 4.78 is 32.4. The SMILES string of the molecule is Cc1c(Cn2ccc(OCCc3cccs3)cc2=O)cccc1NCCCS(=O)(=O)N(C)C. The van der Waals surface area contributed by atoms with Gasteiger partial charge in [0.25, 0.3) is 5.56 Å². The van der Waals surface area contributed by atoms with E-state index < -0.39 is 10.0 Å². The Hall–Kier alpha value is -2.62. The topological polar surface area (TPSA) is 80.6 Å². The first kappa shape index (κ1) is 25.0. The molecule has 0 atom stereocenters. The predicted octanol–water partition coefficient (Wildman–Crippen LogP) is 3.58. The number of pyridine rings is 1. The molecule has 0 aliphatic heterocycles. The number of hydrogen-bond acceptors (Lipinski definition) is 6. The van der Waals surface area contributed by atoms with Crippen LogP contribution in [0.1, 0.15) is 22.4 Å². The Balaban J connectivity index is 1.57. The van der Waals surface area contributed by atoms with Crippen molar-refractivity contribution >= 4 is 27.0 Å². The van der Waals surface area contributed by atoms with Gasteiger partial charge in [-0.15, -0.1) is 11.3 Å². The normalized spacial score (nSPS) is 11.6. The first-order valence-electron chi connectivity index (χ1n) is 10.8. The minimum absolute atomic E-state index is 0.100. The van der Waals surface area contributed by atoms with Crippen molar-refractivity contribution in [2.24, 2.45) is 0 Å². The Morgan fingerprint density at radius 1 is 1.15 bits per heavy atom. The van der Waals surface area contributed by atoms with Crippen LogP contribution in [0.2, 0.25) is 0 Å². The summed E-state index contributed by atoms with van der Waals surface area (Å²) in [6, 6.07) is 13.3. The van der Waals surface area contributed by atoms with Crippen molar-refractivity contribution in [3.05, 3.63) is 80.4 Å². The third-order valence-corrected chi connectivity index (χ3v) is 8.26. The van der Waals surface area contributed by atoms with Crippen LogP contribution in [0.5, 0.6) is 5.75 Å². The fourth-order valence-corrected chi connectivity index (χ4v) is 4.89. The molecule has 178 valence electrons. The number of thiophene rings is 1. The highest BCUT2D eigenvalue weighted by atomic mass is 32.2. The molecule has 0 radical (unpaired) electrons. The molecule has 7 nitrogen and oxygen atoms in total. The Bertz CT molecular complexity index is 1200. The fourth-order valence-electron chi connectivity index (χ4n) is 3.32. The predicted molar refractivity (Wildman–Crippen MR) is 135 cm³/mol. The number of ether oxygens (including phenoxy) is 1. The van der Waals surface area contributed by atoms with E-state index in [-0.39, 0.29) is 11.3 Å². The number of nitrogens with one attached hydrogen (secondary N) is 1. The van der Waals surface area contributed by atoms with E-state index in [1.807, 2.05) is 42.6 Å². The average Bonchev–Trinajstić information content (AvgIpc) is 3.28. The molecule has 0 bridgehead atoms. The van der Waals surface area contributed by atoms with E-state index in [0.717, 1.165) is 23.2 Å². The molecule has 0 fully saturated rings. The van der Waals surface area contributed by atoms with E-state index >= 15 is 0 Å². The van der Waals surface area contributed by atoms with Crippen LogP contribution in [0.15, 0.2) is 58.8 Å². The standard InChI is InChI=1S/C24H31N3O4S2/c1-19-20(7-4-9-23(19)25-12-6-16-33(29,30)26(2)3)18-27-13-10-21(17-24(27)28)31-14-11-22-8-5-15-32-22/h4-5,7-10,13,15,17,25H,6,11-12,14,16,18H2,1-3H3. The van der Waals surface area contributed by atoms with Gasteiger partial charge in [0.15, 0.2) is 0 Å². The zero-order chi connectivity index (χ0) is 23.8. The fraction of sp³-hybridized carbons (Fsp3) is 0.375. The van der Waals surface area contributed by atoms with Gasteiger partial charge in [-0.3, -0.25) is 4.79 Å². The molecule has 1 aromatic carbocycles. The van der Waals surface area contributed by atoms with Crippen LogP contribution < -0.4 is 15.6 Å². The molecule has 0 saturated heterocycles. The summed E-state index contributed by atoms with van der Waals surface area (Å²) in [5.41, 5.74) is 2.89. The zero-order valence-corrected chi connectivity index (χ0v) is 20.9. The van der Waals surface area contributed by atoms with Crippen molar-refractivity contribution in [2.45, 2.75) is 26.3 Å². The van der Waals surface area contributed by atoms with E-state index in [4.69, 9.17) is 4.74 Å². The van der Waals surface area contributed by atoms with E-state index in [0.29, 0.717) is 31.9 Å². The highest BCUT2D eigenvalue weighted by molar-refractivity contribution is 7.89. The van der Waals surface area contributed by atoms with Gasteiger partial charge in [-0.1, -0.05) is 18.2 Å². The van der Waals surface area contributed by atoms with Gasteiger partial charge in [-0.05, 0) is 48.1 Å². The van der Waals surface area contributed by atoms with Crippen LogP contribution in [-0.4, -0.2) is 50.3 Å². The van der Waals surface area contributed by atoms with Gasteiger partial charge in [0.05, 0.1) is 18.9 Å². The minimum atomic E-state index is -3.19. The van der Waals surface area contributed by atoms with E-state index in [2.05, 4.69) is 11.4 Å². The van der Waals surface area contributed by atoms with Crippen LogP contribution in [0, 0.1) is 6.92 Å². The van der Waals surface area contributed by atoms with Crippen molar-refractivity contribution in [3.8, 4) is 5.75 Å². The molecule has 2 heterocycles. The van der Waals surface area contributed by atoms with Gasteiger partial charge in [0, 0.05) is 49.9 Å². The van der Waals surface area contributed by atoms with Crippen molar-refractivity contribution in [2.75, 3.05) is 38.3 Å². The van der Waals surface area contributed by atoms with Crippen LogP contribution in [0.25, 0.3) is 0 Å². The summed E-state index contributed by atoms with van der Waals surface area (Å²) in [4.78, 5) is 13.9. The second-order valence-corrected chi connectivity index (χ2v) is 11.3. The quantitative estimate of drug-likeness (QED) is 0.393. The third kappa shape index (κ3) is 7.18. The van der Waals surface area contributed by atoms with Gasteiger partial charge in [-0.2, -0.15) is 0 Å². The number of benzene rings is 1.